The first-order valence-electron chi connectivity index (χ1n) is 12.5. The van der Waals surface area contributed by atoms with Gasteiger partial charge in [-0.3, -0.25) is 9.72 Å². The van der Waals surface area contributed by atoms with Crippen LogP contribution in [0.1, 0.15) is 40.4 Å². The monoisotopic (exact) mass is 546 g/mol. The number of ether oxygens (including phenoxy) is 1. The summed E-state index contributed by atoms with van der Waals surface area (Å²) < 4.78 is 13.7. The number of carbonyl (C=O) groups is 2. The molecule has 2 aromatic carbocycles. The van der Waals surface area contributed by atoms with Gasteiger partial charge in [-0.15, -0.1) is 0 Å². The molecule has 0 aliphatic heterocycles. The molecule has 0 saturated heterocycles. The number of benzene rings is 2. The molecule has 5 rings (SSSR count). The third-order valence-electron chi connectivity index (χ3n) is 6.20. The Bertz CT molecular complexity index is 1660. The predicted octanol–water partition coefficient (Wildman–Crippen LogP) is 6.03. The summed E-state index contributed by atoms with van der Waals surface area (Å²) in [5.74, 6) is 1.04. The largest absolute Gasteiger partial charge is 0.425 e. The highest BCUT2D eigenvalue weighted by molar-refractivity contribution is 7.23. The van der Waals surface area contributed by atoms with Gasteiger partial charge < -0.3 is 20.3 Å². The Labute approximate surface area is 229 Å². The van der Waals surface area contributed by atoms with Gasteiger partial charge in [0.1, 0.15) is 17.6 Å². The van der Waals surface area contributed by atoms with Crippen LogP contribution in [-0.2, 0) is 10.2 Å². The van der Waals surface area contributed by atoms with Crippen molar-refractivity contribution in [3.63, 3.8) is 0 Å². The summed E-state index contributed by atoms with van der Waals surface area (Å²) in [6, 6.07) is 13.5. The van der Waals surface area contributed by atoms with Gasteiger partial charge in [0.05, 0.1) is 15.9 Å². The van der Waals surface area contributed by atoms with Gasteiger partial charge in [-0.2, -0.15) is 0 Å². The first kappa shape index (κ1) is 26.4. The first-order chi connectivity index (χ1) is 18.5. The number of rotatable bonds is 6. The minimum atomic E-state index is -0.671. The second-order valence-corrected chi connectivity index (χ2v) is 11.7. The van der Waals surface area contributed by atoms with Crippen molar-refractivity contribution in [2.45, 2.75) is 46.1 Å². The SMILES string of the molecule is CC(C)C(N)C(=O)Oc1ccc2c(c1)sc1nc(-c3ccc(NC(=O)Nc4cc(C(C)(C)C)on4)cc3)cn12. The fourth-order valence-electron chi connectivity index (χ4n) is 3.83. The van der Waals surface area contributed by atoms with Crippen molar-refractivity contribution in [1.82, 2.24) is 14.5 Å². The topological polar surface area (TPSA) is 137 Å². The zero-order valence-corrected chi connectivity index (χ0v) is 23.1. The number of thiazole rings is 1. The van der Waals surface area contributed by atoms with E-state index in [1.807, 2.05) is 81.6 Å². The van der Waals surface area contributed by atoms with Crippen LogP contribution >= 0.6 is 11.3 Å². The molecule has 202 valence electrons. The zero-order chi connectivity index (χ0) is 27.9. The molecule has 3 heterocycles. The van der Waals surface area contributed by atoms with Gasteiger partial charge in [0.2, 0.25) is 0 Å². The second-order valence-electron chi connectivity index (χ2n) is 10.7. The first-order valence-corrected chi connectivity index (χ1v) is 13.3. The van der Waals surface area contributed by atoms with E-state index in [1.54, 1.807) is 12.1 Å². The minimum Gasteiger partial charge on any atom is -0.425 e. The van der Waals surface area contributed by atoms with Gasteiger partial charge in [-0.1, -0.05) is 63.2 Å². The number of amides is 2. The summed E-state index contributed by atoms with van der Waals surface area (Å²) in [6.07, 6.45) is 1.96. The van der Waals surface area contributed by atoms with Crippen molar-refractivity contribution in [2.75, 3.05) is 10.6 Å². The smallest absolute Gasteiger partial charge is 0.328 e. The van der Waals surface area contributed by atoms with Crippen LogP contribution in [0.5, 0.6) is 5.75 Å². The van der Waals surface area contributed by atoms with Crippen molar-refractivity contribution in [3.8, 4) is 17.0 Å². The molecule has 10 nitrogen and oxygen atoms in total. The van der Waals surface area contributed by atoms with Gasteiger partial charge in [0.25, 0.3) is 0 Å². The van der Waals surface area contributed by atoms with Crippen LogP contribution in [0.4, 0.5) is 16.3 Å². The third kappa shape index (κ3) is 5.64. The van der Waals surface area contributed by atoms with E-state index in [2.05, 4.69) is 15.8 Å². The molecule has 0 spiro atoms. The molecule has 1 unspecified atom stereocenters. The number of hydrogen-bond donors (Lipinski definition) is 3. The number of hydrogen-bond acceptors (Lipinski definition) is 8. The standard InChI is InChI=1S/C28H30N6O4S/c1-15(2)24(29)25(35)37-18-10-11-20-21(12-18)39-27-31-19(14-34(20)27)16-6-8-17(9-7-16)30-26(36)32-23-13-22(38-33-23)28(3,4)5/h6-15,24H,29H2,1-5H3,(H2,30,32,33,36). The molecule has 0 fully saturated rings. The number of aromatic nitrogens is 3. The van der Waals surface area contributed by atoms with E-state index < -0.39 is 18.0 Å². The fraction of sp³-hybridized carbons (Fsp3) is 0.286. The van der Waals surface area contributed by atoms with Crippen LogP contribution in [0.25, 0.3) is 26.4 Å². The van der Waals surface area contributed by atoms with Gasteiger partial charge in [-0.05, 0) is 30.2 Å². The van der Waals surface area contributed by atoms with Gasteiger partial charge in [0, 0.05) is 35.0 Å². The summed E-state index contributed by atoms with van der Waals surface area (Å²) >= 11 is 1.50. The van der Waals surface area contributed by atoms with Gasteiger partial charge in [0.15, 0.2) is 10.8 Å². The van der Waals surface area contributed by atoms with Crippen LogP contribution in [0.15, 0.2) is 59.3 Å². The van der Waals surface area contributed by atoms with Gasteiger partial charge >= 0.3 is 12.0 Å². The molecule has 4 N–H and O–H groups in total. The van der Waals surface area contributed by atoms with E-state index in [0.717, 1.165) is 26.4 Å². The highest BCUT2D eigenvalue weighted by Gasteiger charge is 2.21. The number of fused-ring (bicyclic) bond motifs is 3. The molecular formula is C28H30N6O4S. The Balaban J connectivity index is 1.26. The number of carbonyl (C=O) groups excluding carboxylic acids is 2. The average molecular weight is 547 g/mol. The molecule has 0 radical (unpaired) electrons. The molecular weight excluding hydrogens is 516 g/mol. The number of imidazole rings is 1. The number of anilines is 2. The molecule has 0 aliphatic carbocycles. The van der Waals surface area contributed by atoms with Crippen molar-refractivity contribution in [3.05, 3.63) is 60.5 Å². The molecule has 5 aromatic rings. The molecule has 39 heavy (non-hydrogen) atoms. The van der Waals surface area contributed by atoms with Gasteiger partial charge in [-0.25, -0.2) is 14.6 Å². The van der Waals surface area contributed by atoms with Crippen LogP contribution in [-0.4, -0.2) is 32.6 Å². The molecule has 3 aromatic heterocycles. The van der Waals surface area contributed by atoms with E-state index in [0.29, 0.717) is 23.0 Å². The highest BCUT2D eigenvalue weighted by Crippen LogP contribution is 2.32. The van der Waals surface area contributed by atoms with E-state index >= 15 is 0 Å². The fourth-order valence-corrected chi connectivity index (χ4v) is 4.87. The lowest BCUT2D eigenvalue weighted by Gasteiger charge is -2.14. The number of urea groups is 1. The third-order valence-corrected chi connectivity index (χ3v) is 7.22. The Morgan fingerprint density at radius 3 is 2.49 bits per heavy atom. The van der Waals surface area contributed by atoms with Crippen molar-refractivity contribution in [2.24, 2.45) is 11.7 Å². The zero-order valence-electron chi connectivity index (χ0n) is 22.3. The normalized spacial score (nSPS) is 12.7. The number of nitrogens with one attached hydrogen (secondary N) is 2. The average Bonchev–Trinajstić information content (AvgIpc) is 3.58. The van der Waals surface area contributed by atoms with E-state index in [1.165, 1.54) is 11.3 Å². The van der Waals surface area contributed by atoms with Crippen LogP contribution < -0.4 is 21.1 Å². The molecule has 1 atom stereocenters. The van der Waals surface area contributed by atoms with Crippen molar-refractivity contribution >= 4 is 50.0 Å². The molecule has 2 amide bonds. The predicted molar refractivity (Wildman–Crippen MR) is 152 cm³/mol. The van der Waals surface area contributed by atoms with Crippen LogP contribution in [0.3, 0.4) is 0 Å². The Morgan fingerprint density at radius 2 is 1.82 bits per heavy atom. The van der Waals surface area contributed by atoms with E-state index in [9.17, 15) is 9.59 Å². The van der Waals surface area contributed by atoms with Crippen molar-refractivity contribution in [1.29, 1.82) is 0 Å². The Hall–Kier alpha value is -4.22. The van der Waals surface area contributed by atoms with Crippen LogP contribution in [0, 0.1) is 5.92 Å². The molecule has 0 aliphatic rings. The molecule has 0 bridgehead atoms. The Morgan fingerprint density at radius 1 is 1.08 bits per heavy atom. The lowest BCUT2D eigenvalue weighted by molar-refractivity contribution is -0.136. The van der Waals surface area contributed by atoms with Crippen LogP contribution in [0.2, 0.25) is 0 Å². The lowest BCUT2D eigenvalue weighted by Crippen LogP contribution is -2.38. The van der Waals surface area contributed by atoms with E-state index in [-0.39, 0.29) is 11.3 Å². The maximum atomic E-state index is 12.4. The minimum absolute atomic E-state index is 0.00647. The maximum absolute atomic E-state index is 12.4. The molecule has 11 heteroatoms. The number of nitrogens with zero attached hydrogens (tertiary/aromatic N) is 3. The summed E-state index contributed by atoms with van der Waals surface area (Å²) in [5.41, 5.74) is 8.99. The quantitative estimate of drug-likeness (QED) is 0.175. The number of nitrogens with two attached hydrogens (primary N) is 1. The summed E-state index contributed by atoms with van der Waals surface area (Å²) in [5, 5.41) is 9.38. The maximum Gasteiger partial charge on any atom is 0.328 e. The molecule has 0 saturated carbocycles. The number of esters is 1. The van der Waals surface area contributed by atoms with Crippen molar-refractivity contribution < 1.29 is 18.8 Å². The Kier molecular flexibility index (Phi) is 6.87. The lowest BCUT2D eigenvalue weighted by atomic mass is 9.93. The summed E-state index contributed by atoms with van der Waals surface area (Å²) in [7, 11) is 0. The second kappa shape index (κ2) is 10.2. The summed E-state index contributed by atoms with van der Waals surface area (Å²) in [4.78, 5) is 30.2. The summed E-state index contributed by atoms with van der Waals surface area (Å²) in [6.45, 7) is 9.78. The van der Waals surface area contributed by atoms with E-state index in [4.69, 9.17) is 20.0 Å². The highest BCUT2D eigenvalue weighted by atomic mass is 32.1.